The topological polar surface area (TPSA) is 86.4 Å². The number of pyridine rings is 1. The molecule has 0 radical (unpaired) electrons. The van der Waals surface area contributed by atoms with Crippen molar-refractivity contribution >= 4 is 34.8 Å². The van der Waals surface area contributed by atoms with Gasteiger partial charge in [-0.05, 0) is 37.2 Å². The summed E-state index contributed by atoms with van der Waals surface area (Å²) in [7, 11) is 0. The number of fused-ring (bicyclic) bond motifs is 3. The number of aromatic nitrogens is 3. The zero-order chi connectivity index (χ0) is 22.2. The lowest BCUT2D eigenvalue weighted by Crippen LogP contribution is -2.37. The summed E-state index contributed by atoms with van der Waals surface area (Å²) >= 11 is 12.7. The van der Waals surface area contributed by atoms with E-state index in [-0.39, 0.29) is 41.5 Å². The second kappa shape index (κ2) is 7.27. The Morgan fingerprint density at radius 1 is 1.19 bits per heavy atom. The molecule has 2 saturated carbocycles. The number of hydrogen-bond donors (Lipinski definition) is 1. The van der Waals surface area contributed by atoms with Crippen LogP contribution >= 0.6 is 23.2 Å². The lowest BCUT2D eigenvalue weighted by Gasteiger charge is -2.29. The molecule has 2 unspecified atom stereocenters. The molecular formula is C21H21Cl2F2N5O2. The molecular weight excluding hydrogens is 463 g/mol. The molecule has 2 aliphatic heterocycles. The molecule has 2 N–H and O–H groups in total. The molecule has 7 nitrogen and oxygen atoms in total. The number of morpholine rings is 1. The fourth-order valence-corrected chi connectivity index (χ4v) is 6.26. The number of nitrogens with zero attached hydrogens (tertiary/aromatic N) is 4. The van der Waals surface area contributed by atoms with Crippen molar-refractivity contribution in [2.24, 2.45) is 11.8 Å². The maximum Gasteiger partial charge on any atom is 0.387 e. The van der Waals surface area contributed by atoms with Gasteiger partial charge in [0, 0.05) is 30.3 Å². The zero-order valence-corrected chi connectivity index (χ0v) is 18.4. The Hall–Kier alpha value is -1.97. The monoisotopic (exact) mass is 483 g/mol. The highest BCUT2D eigenvalue weighted by atomic mass is 35.5. The molecule has 4 heterocycles. The zero-order valence-electron chi connectivity index (χ0n) is 16.9. The molecule has 11 heteroatoms. The Balaban J connectivity index is 1.38. The van der Waals surface area contributed by atoms with Gasteiger partial charge in [-0.1, -0.05) is 0 Å². The fourth-order valence-electron chi connectivity index (χ4n) is 5.42. The first kappa shape index (κ1) is 20.6. The van der Waals surface area contributed by atoms with Gasteiger partial charge in [-0.15, -0.1) is 23.2 Å². The summed E-state index contributed by atoms with van der Waals surface area (Å²) < 4.78 is 35.2. The van der Waals surface area contributed by atoms with Gasteiger partial charge in [0.2, 0.25) is 0 Å². The summed E-state index contributed by atoms with van der Waals surface area (Å²) in [4.78, 5) is 16.0. The molecule has 2 aromatic heterocycles. The number of nitrogens with two attached hydrogens (primary N) is 1. The smallest absolute Gasteiger partial charge is 0.387 e. The third-order valence-electron chi connectivity index (χ3n) is 7.13. The highest BCUT2D eigenvalue weighted by molar-refractivity contribution is 6.51. The Kier molecular flexibility index (Phi) is 4.68. The van der Waals surface area contributed by atoms with Gasteiger partial charge in [0.05, 0.1) is 24.4 Å². The fraction of sp³-hybridized carbons (Fsp3) is 0.571. The van der Waals surface area contributed by atoms with Crippen molar-refractivity contribution in [2.75, 3.05) is 23.8 Å². The SMILES string of the molecule is Nc1ncc(-c2cc(N3C[C@@H]4C[C@H]3CO4)nc(C3CC4C(C3)C4(Cl)Cl)n2)cc1OC(F)F. The van der Waals surface area contributed by atoms with Gasteiger partial charge in [-0.2, -0.15) is 8.78 Å². The van der Waals surface area contributed by atoms with Crippen molar-refractivity contribution < 1.29 is 18.3 Å². The van der Waals surface area contributed by atoms with E-state index in [1.165, 1.54) is 12.3 Å². The standard InChI is InChI=1S/C21H21Cl2F2N5O2/c22-21(23)13-1-9(2-14(13)21)19-28-15(10-3-16(32-20(24)25)18(26)27-6-10)5-17(29-19)30-7-12-4-11(30)8-31-12/h3,5-6,9,11-14,20H,1-2,4,7-8H2,(H2,26,27)/t9?,11-,12-,13?,14?/m0/s1. The second-order valence-corrected chi connectivity index (χ2v) is 10.5. The average molecular weight is 484 g/mol. The van der Waals surface area contributed by atoms with Crippen molar-refractivity contribution in [2.45, 2.75) is 48.3 Å². The van der Waals surface area contributed by atoms with Crippen LogP contribution in [-0.2, 0) is 4.74 Å². The molecule has 2 aromatic rings. The van der Waals surface area contributed by atoms with Crippen LogP contribution in [0.5, 0.6) is 5.75 Å². The van der Waals surface area contributed by atoms with E-state index in [1.54, 1.807) is 0 Å². The summed E-state index contributed by atoms with van der Waals surface area (Å²) in [5, 5.41) is 0. The first-order chi connectivity index (χ1) is 15.3. The average Bonchev–Trinajstić information content (AvgIpc) is 3.33. The molecule has 4 aliphatic rings. The van der Waals surface area contributed by atoms with Crippen LogP contribution in [-0.4, -0.2) is 51.2 Å². The molecule has 2 aliphatic carbocycles. The van der Waals surface area contributed by atoms with Gasteiger partial charge in [0.15, 0.2) is 11.6 Å². The van der Waals surface area contributed by atoms with Gasteiger partial charge in [0.1, 0.15) is 16.0 Å². The Morgan fingerprint density at radius 3 is 2.62 bits per heavy atom. The second-order valence-electron chi connectivity index (χ2n) is 9.01. The minimum Gasteiger partial charge on any atom is -0.431 e. The van der Waals surface area contributed by atoms with Gasteiger partial charge in [-0.3, -0.25) is 0 Å². The number of anilines is 2. The van der Waals surface area contributed by atoms with Crippen LogP contribution in [0.1, 0.15) is 31.0 Å². The molecule has 6 rings (SSSR count). The number of rotatable bonds is 5. The molecule has 2 saturated heterocycles. The summed E-state index contributed by atoms with van der Waals surface area (Å²) in [5.74, 6) is 1.89. The highest BCUT2D eigenvalue weighted by Gasteiger charge is 2.67. The highest BCUT2D eigenvalue weighted by Crippen LogP contribution is 2.70. The minimum absolute atomic E-state index is 0.103. The van der Waals surface area contributed by atoms with Crippen LogP contribution in [0, 0.1) is 11.8 Å². The molecule has 32 heavy (non-hydrogen) atoms. The summed E-state index contributed by atoms with van der Waals surface area (Å²) in [6.07, 6.45) is 4.35. The molecule has 4 atom stereocenters. The van der Waals surface area contributed by atoms with Crippen molar-refractivity contribution in [3.05, 3.63) is 24.2 Å². The maximum atomic E-state index is 12.8. The first-order valence-electron chi connectivity index (χ1n) is 10.7. The number of alkyl halides is 4. The Bertz CT molecular complexity index is 1060. The van der Waals surface area contributed by atoms with E-state index in [4.69, 9.17) is 43.6 Å². The Morgan fingerprint density at radius 2 is 1.97 bits per heavy atom. The predicted molar refractivity (Wildman–Crippen MR) is 115 cm³/mol. The van der Waals surface area contributed by atoms with Crippen LogP contribution in [0.4, 0.5) is 20.4 Å². The van der Waals surface area contributed by atoms with Crippen molar-refractivity contribution in [1.29, 1.82) is 0 Å². The van der Waals surface area contributed by atoms with Crippen LogP contribution in [0.15, 0.2) is 18.3 Å². The van der Waals surface area contributed by atoms with Crippen molar-refractivity contribution in [3.63, 3.8) is 0 Å². The summed E-state index contributed by atoms with van der Waals surface area (Å²) in [6, 6.07) is 3.58. The first-order valence-corrected chi connectivity index (χ1v) is 11.4. The number of nitrogen functional groups attached to an aromatic ring is 1. The minimum atomic E-state index is -3.00. The van der Waals surface area contributed by atoms with E-state index in [0.717, 1.165) is 31.6 Å². The number of hydrogen-bond acceptors (Lipinski definition) is 7. The summed E-state index contributed by atoms with van der Waals surface area (Å²) in [6.45, 7) is -1.56. The molecule has 0 spiro atoms. The third-order valence-corrected chi connectivity index (χ3v) is 8.25. The molecule has 170 valence electrons. The van der Waals surface area contributed by atoms with Gasteiger partial charge < -0.3 is 20.1 Å². The van der Waals surface area contributed by atoms with E-state index in [9.17, 15) is 8.78 Å². The number of halogens is 4. The maximum absolute atomic E-state index is 12.8. The normalized spacial score (nSPS) is 31.9. The van der Waals surface area contributed by atoms with E-state index < -0.39 is 10.9 Å². The largest absolute Gasteiger partial charge is 0.431 e. The van der Waals surface area contributed by atoms with Crippen LogP contribution in [0.2, 0.25) is 0 Å². The van der Waals surface area contributed by atoms with Crippen molar-refractivity contribution in [1.82, 2.24) is 15.0 Å². The van der Waals surface area contributed by atoms with E-state index in [1.807, 2.05) is 6.07 Å². The molecule has 0 aromatic carbocycles. The van der Waals surface area contributed by atoms with Gasteiger partial charge in [0.25, 0.3) is 0 Å². The van der Waals surface area contributed by atoms with Crippen LogP contribution in [0.3, 0.4) is 0 Å². The van der Waals surface area contributed by atoms with E-state index in [2.05, 4.69) is 14.6 Å². The van der Waals surface area contributed by atoms with E-state index >= 15 is 0 Å². The third kappa shape index (κ3) is 3.36. The van der Waals surface area contributed by atoms with Crippen LogP contribution in [0.25, 0.3) is 11.3 Å². The lowest BCUT2D eigenvalue weighted by atomic mass is 10.0. The van der Waals surface area contributed by atoms with Gasteiger partial charge >= 0.3 is 6.61 Å². The molecule has 0 amide bonds. The van der Waals surface area contributed by atoms with E-state index in [0.29, 0.717) is 23.7 Å². The van der Waals surface area contributed by atoms with Crippen molar-refractivity contribution in [3.8, 4) is 17.0 Å². The predicted octanol–water partition coefficient (Wildman–Crippen LogP) is 4.00. The quantitative estimate of drug-likeness (QED) is 0.643. The van der Waals surface area contributed by atoms with Gasteiger partial charge in [-0.25, -0.2) is 15.0 Å². The molecule has 2 bridgehead atoms. The summed E-state index contributed by atoms with van der Waals surface area (Å²) in [5.41, 5.74) is 6.83. The Labute approximate surface area is 193 Å². The van der Waals surface area contributed by atoms with Crippen LogP contribution < -0.4 is 15.4 Å². The molecule has 4 fully saturated rings. The lowest BCUT2D eigenvalue weighted by molar-refractivity contribution is -0.0494. The number of ether oxygens (including phenoxy) is 2.